The SMILES string of the molecule is C[C@H]1[C@@H]2Cc3ccc(O)cc3[C@]1(C)CCN2Cc1ccoc1. The summed E-state index contributed by atoms with van der Waals surface area (Å²) in [6, 6.07) is 8.56. The zero-order chi connectivity index (χ0) is 15.3. The molecule has 4 rings (SSSR count). The van der Waals surface area contributed by atoms with Gasteiger partial charge in [-0.3, -0.25) is 4.90 Å². The molecule has 1 fully saturated rings. The fourth-order valence-corrected chi connectivity index (χ4v) is 4.51. The number of rotatable bonds is 2. The fourth-order valence-electron chi connectivity index (χ4n) is 4.51. The molecule has 1 aliphatic heterocycles. The van der Waals surface area contributed by atoms with Gasteiger partial charge >= 0.3 is 0 Å². The van der Waals surface area contributed by atoms with E-state index in [0.717, 1.165) is 25.9 Å². The Morgan fingerprint density at radius 3 is 3.00 bits per heavy atom. The van der Waals surface area contributed by atoms with Crippen LogP contribution in [0.4, 0.5) is 0 Å². The lowest BCUT2D eigenvalue weighted by molar-refractivity contribution is 0.0257. The third-order valence-electron chi connectivity index (χ3n) is 6.07. The fraction of sp³-hybridized carbons (Fsp3) is 0.474. The number of hydrogen-bond acceptors (Lipinski definition) is 3. The number of piperidine rings is 1. The van der Waals surface area contributed by atoms with E-state index in [9.17, 15) is 5.11 Å². The Morgan fingerprint density at radius 2 is 2.23 bits per heavy atom. The summed E-state index contributed by atoms with van der Waals surface area (Å²) < 4.78 is 5.22. The van der Waals surface area contributed by atoms with E-state index in [4.69, 9.17) is 4.42 Å². The van der Waals surface area contributed by atoms with Gasteiger partial charge in [0.2, 0.25) is 0 Å². The van der Waals surface area contributed by atoms with Crippen LogP contribution in [0.5, 0.6) is 5.75 Å². The van der Waals surface area contributed by atoms with E-state index in [2.05, 4.69) is 30.9 Å². The van der Waals surface area contributed by atoms with Crippen molar-refractivity contribution in [2.75, 3.05) is 6.54 Å². The average Bonchev–Trinajstić information content (AvgIpc) is 3.00. The highest BCUT2D eigenvalue weighted by Gasteiger charge is 2.48. The van der Waals surface area contributed by atoms with Crippen molar-refractivity contribution in [1.29, 1.82) is 0 Å². The van der Waals surface area contributed by atoms with E-state index in [1.165, 1.54) is 16.7 Å². The predicted octanol–water partition coefficient (Wildman–Crippen LogP) is 3.71. The van der Waals surface area contributed by atoms with Gasteiger partial charge in [-0.1, -0.05) is 19.9 Å². The summed E-state index contributed by atoms with van der Waals surface area (Å²) in [7, 11) is 0. The van der Waals surface area contributed by atoms with E-state index in [1.807, 2.05) is 18.4 Å². The van der Waals surface area contributed by atoms with Gasteiger partial charge in [0, 0.05) is 18.2 Å². The first-order chi connectivity index (χ1) is 10.6. The first-order valence-corrected chi connectivity index (χ1v) is 8.15. The minimum absolute atomic E-state index is 0.171. The van der Waals surface area contributed by atoms with Crippen molar-refractivity contribution < 1.29 is 9.52 Å². The number of hydrogen-bond donors (Lipinski definition) is 1. The van der Waals surface area contributed by atoms with Gasteiger partial charge in [-0.2, -0.15) is 0 Å². The molecule has 3 nitrogen and oxygen atoms in total. The number of aromatic hydroxyl groups is 1. The molecule has 0 radical (unpaired) electrons. The van der Waals surface area contributed by atoms with E-state index >= 15 is 0 Å². The smallest absolute Gasteiger partial charge is 0.115 e. The Kier molecular flexibility index (Phi) is 3.08. The summed E-state index contributed by atoms with van der Waals surface area (Å²) >= 11 is 0. The van der Waals surface area contributed by atoms with Crippen LogP contribution >= 0.6 is 0 Å². The Morgan fingerprint density at radius 1 is 1.36 bits per heavy atom. The molecule has 3 heteroatoms. The second-order valence-electron chi connectivity index (χ2n) is 7.17. The van der Waals surface area contributed by atoms with Crippen LogP contribution < -0.4 is 0 Å². The van der Waals surface area contributed by atoms with Gasteiger partial charge in [-0.25, -0.2) is 0 Å². The molecule has 1 saturated heterocycles. The monoisotopic (exact) mass is 297 g/mol. The molecule has 3 atom stereocenters. The van der Waals surface area contributed by atoms with Gasteiger partial charge in [-0.05, 0) is 60.0 Å². The van der Waals surface area contributed by atoms with Gasteiger partial charge in [-0.15, -0.1) is 0 Å². The number of phenols is 1. The minimum Gasteiger partial charge on any atom is -0.508 e. The quantitative estimate of drug-likeness (QED) is 0.918. The molecule has 1 aromatic carbocycles. The van der Waals surface area contributed by atoms with Crippen LogP contribution in [0.3, 0.4) is 0 Å². The van der Waals surface area contributed by atoms with Crippen molar-refractivity contribution in [3.63, 3.8) is 0 Å². The Labute approximate surface area is 131 Å². The number of furan rings is 1. The molecule has 2 bridgehead atoms. The highest BCUT2D eigenvalue weighted by Crippen LogP contribution is 2.49. The van der Waals surface area contributed by atoms with Crippen LogP contribution in [0.1, 0.15) is 37.0 Å². The molecule has 0 unspecified atom stereocenters. The molecule has 1 aliphatic carbocycles. The molecule has 1 aromatic heterocycles. The first-order valence-electron chi connectivity index (χ1n) is 8.15. The van der Waals surface area contributed by atoms with Crippen molar-refractivity contribution in [2.45, 2.75) is 44.7 Å². The topological polar surface area (TPSA) is 36.6 Å². The van der Waals surface area contributed by atoms with Gasteiger partial charge in [0.05, 0.1) is 12.5 Å². The second kappa shape index (κ2) is 4.88. The van der Waals surface area contributed by atoms with Crippen LogP contribution in [-0.2, 0) is 18.4 Å². The summed E-state index contributed by atoms with van der Waals surface area (Å²) in [4.78, 5) is 2.60. The molecule has 1 N–H and O–H groups in total. The molecular weight excluding hydrogens is 274 g/mol. The van der Waals surface area contributed by atoms with Crippen LogP contribution in [0.25, 0.3) is 0 Å². The Hall–Kier alpha value is -1.74. The van der Waals surface area contributed by atoms with Crippen molar-refractivity contribution >= 4 is 0 Å². The molecule has 2 aliphatic rings. The summed E-state index contributed by atoms with van der Waals surface area (Å²) in [5, 5.41) is 9.89. The molecule has 0 saturated carbocycles. The lowest BCUT2D eigenvalue weighted by atomic mass is 9.59. The van der Waals surface area contributed by atoms with Gasteiger partial charge in [0.1, 0.15) is 5.75 Å². The highest BCUT2D eigenvalue weighted by molar-refractivity contribution is 5.44. The van der Waals surface area contributed by atoms with Crippen molar-refractivity contribution in [3.8, 4) is 5.75 Å². The highest BCUT2D eigenvalue weighted by atomic mass is 16.3. The molecular formula is C19H23NO2. The van der Waals surface area contributed by atoms with Gasteiger partial charge in [0.15, 0.2) is 0 Å². The number of likely N-dealkylation sites (tertiary alicyclic amines) is 1. The third kappa shape index (κ3) is 1.99. The van der Waals surface area contributed by atoms with Crippen molar-refractivity contribution in [2.24, 2.45) is 5.92 Å². The third-order valence-corrected chi connectivity index (χ3v) is 6.07. The Balaban J connectivity index is 1.69. The normalized spacial score (nSPS) is 31.0. The maximum Gasteiger partial charge on any atom is 0.115 e. The maximum absolute atomic E-state index is 9.89. The molecule has 0 amide bonds. The molecule has 2 heterocycles. The van der Waals surface area contributed by atoms with Crippen LogP contribution in [0.15, 0.2) is 41.2 Å². The lowest BCUT2D eigenvalue weighted by Gasteiger charge is -2.54. The average molecular weight is 297 g/mol. The summed E-state index contributed by atoms with van der Waals surface area (Å²) in [5.74, 6) is 0.980. The number of fused-ring (bicyclic) bond motifs is 4. The largest absolute Gasteiger partial charge is 0.508 e. The number of phenolic OH excluding ortho intramolecular Hbond substituents is 1. The zero-order valence-electron chi connectivity index (χ0n) is 13.2. The molecule has 116 valence electrons. The minimum atomic E-state index is 0.171. The second-order valence-corrected chi connectivity index (χ2v) is 7.17. The van der Waals surface area contributed by atoms with Crippen LogP contribution in [0, 0.1) is 5.92 Å². The van der Waals surface area contributed by atoms with E-state index in [0.29, 0.717) is 17.7 Å². The first kappa shape index (κ1) is 13.9. The molecule has 2 aromatic rings. The maximum atomic E-state index is 9.89. The van der Waals surface area contributed by atoms with E-state index in [-0.39, 0.29) is 5.41 Å². The van der Waals surface area contributed by atoms with E-state index in [1.54, 1.807) is 6.26 Å². The van der Waals surface area contributed by atoms with Crippen molar-refractivity contribution in [1.82, 2.24) is 4.90 Å². The van der Waals surface area contributed by atoms with Gasteiger partial charge in [0.25, 0.3) is 0 Å². The van der Waals surface area contributed by atoms with Crippen LogP contribution in [0.2, 0.25) is 0 Å². The standard InChI is InChI=1S/C19H23NO2/c1-13-18-9-15-3-4-16(21)10-17(15)19(13,2)6-7-20(18)11-14-5-8-22-12-14/h3-5,8,10,12-13,18,21H,6-7,9,11H2,1-2H3/t13-,18-,19+/m0/s1. The van der Waals surface area contributed by atoms with E-state index < -0.39 is 0 Å². The lowest BCUT2D eigenvalue weighted by Crippen LogP contribution is -2.57. The summed E-state index contributed by atoms with van der Waals surface area (Å²) in [6.07, 6.45) is 5.82. The van der Waals surface area contributed by atoms with Gasteiger partial charge < -0.3 is 9.52 Å². The number of nitrogens with zero attached hydrogens (tertiary/aromatic N) is 1. The Bertz CT molecular complexity index is 679. The summed E-state index contributed by atoms with van der Waals surface area (Å²) in [6.45, 7) is 6.82. The molecule has 0 spiro atoms. The van der Waals surface area contributed by atoms with Crippen LogP contribution in [-0.4, -0.2) is 22.6 Å². The predicted molar refractivity (Wildman–Crippen MR) is 85.8 cm³/mol. The molecule has 22 heavy (non-hydrogen) atoms. The zero-order valence-corrected chi connectivity index (χ0v) is 13.2. The summed E-state index contributed by atoms with van der Waals surface area (Å²) in [5.41, 5.74) is 4.19. The van der Waals surface area contributed by atoms with Crippen molar-refractivity contribution in [3.05, 3.63) is 53.5 Å². The number of benzene rings is 1.